The molecule has 0 saturated carbocycles. The molecule has 0 radical (unpaired) electrons. The van der Waals surface area contributed by atoms with Gasteiger partial charge in [0.15, 0.2) is 6.61 Å². The largest absolute Gasteiger partial charge is 0.456 e. The number of amides is 2. The number of rotatable bonds is 23. The number of hydrogen-bond donors (Lipinski definition) is 1. The standard InChI is InChI=1S/C29H54N2O5/c1-3-4-5-6-7-8-9-10-11-12-13-14-17-20-29(34)36-25-27(32)30-22-18-15-16-19-28(33)31-23-21-26(24-31)35-2/h26H,3-25H2,1-2H3,(H,30,32)/t26-/m0/s1. The molecule has 0 unspecified atom stereocenters. The van der Waals surface area contributed by atoms with Gasteiger partial charge in [-0.3, -0.25) is 14.4 Å². The first-order valence-electron chi connectivity index (χ1n) is 14.8. The molecular formula is C29H54N2O5. The van der Waals surface area contributed by atoms with Crippen LogP contribution in [0.1, 0.15) is 129 Å². The van der Waals surface area contributed by atoms with Crippen molar-refractivity contribution in [1.82, 2.24) is 10.2 Å². The van der Waals surface area contributed by atoms with Gasteiger partial charge < -0.3 is 19.7 Å². The first-order chi connectivity index (χ1) is 17.6. The maximum Gasteiger partial charge on any atom is 0.306 e. The zero-order chi connectivity index (χ0) is 26.3. The van der Waals surface area contributed by atoms with Gasteiger partial charge in [0.25, 0.3) is 5.91 Å². The van der Waals surface area contributed by atoms with Crippen LogP contribution >= 0.6 is 0 Å². The first-order valence-corrected chi connectivity index (χ1v) is 14.8. The highest BCUT2D eigenvalue weighted by Gasteiger charge is 2.25. The van der Waals surface area contributed by atoms with Crippen LogP contribution in [0, 0.1) is 0 Å². The second-order valence-electron chi connectivity index (χ2n) is 10.3. The molecule has 1 saturated heterocycles. The molecule has 1 heterocycles. The minimum atomic E-state index is -0.288. The summed E-state index contributed by atoms with van der Waals surface area (Å²) in [5, 5.41) is 2.78. The lowest BCUT2D eigenvalue weighted by molar-refractivity contribution is -0.148. The molecule has 2 amide bonds. The molecule has 1 N–H and O–H groups in total. The highest BCUT2D eigenvalue weighted by Crippen LogP contribution is 2.15. The van der Waals surface area contributed by atoms with Crippen LogP contribution in [-0.2, 0) is 23.9 Å². The van der Waals surface area contributed by atoms with Gasteiger partial charge in [0.1, 0.15) is 0 Å². The van der Waals surface area contributed by atoms with Crippen molar-refractivity contribution in [3.05, 3.63) is 0 Å². The molecule has 0 aromatic rings. The summed E-state index contributed by atoms with van der Waals surface area (Å²) in [5.41, 5.74) is 0. The molecule has 0 aliphatic carbocycles. The van der Waals surface area contributed by atoms with Crippen molar-refractivity contribution in [2.75, 3.05) is 33.4 Å². The van der Waals surface area contributed by atoms with Crippen LogP contribution in [0.4, 0.5) is 0 Å². The number of esters is 1. The normalized spacial score (nSPS) is 15.3. The number of likely N-dealkylation sites (tertiary alicyclic amines) is 1. The molecule has 1 atom stereocenters. The minimum absolute atomic E-state index is 0.174. The second kappa shape index (κ2) is 22.6. The molecule has 7 heteroatoms. The molecule has 0 aromatic heterocycles. The number of ether oxygens (including phenoxy) is 2. The predicted octanol–water partition coefficient (Wildman–Crippen LogP) is 5.93. The van der Waals surface area contributed by atoms with Crippen molar-refractivity contribution in [3.63, 3.8) is 0 Å². The van der Waals surface area contributed by atoms with Crippen LogP contribution in [0.2, 0.25) is 0 Å². The van der Waals surface area contributed by atoms with Crippen molar-refractivity contribution >= 4 is 17.8 Å². The molecule has 0 aromatic carbocycles. The lowest BCUT2D eigenvalue weighted by atomic mass is 10.0. The molecule has 1 aliphatic rings. The van der Waals surface area contributed by atoms with Gasteiger partial charge in [0.05, 0.1) is 6.10 Å². The van der Waals surface area contributed by atoms with Crippen LogP contribution in [0.3, 0.4) is 0 Å². The van der Waals surface area contributed by atoms with Crippen LogP contribution < -0.4 is 5.32 Å². The summed E-state index contributed by atoms with van der Waals surface area (Å²) < 4.78 is 10.4. The molecule has 1 rings (SSSR count). The van der Waals surface area contributed by atoms with Crippen molar-refractivity contribution < 1.29 is 23.9 Å². The van der Waals surface area contributed by atoms with E-state index in [1.807, 2.05) is 4.90 Å². The van der Waals surface area contributed by atoms with E-state index in [0.29, 0.717) is 25.9 Å². The zero-order valence-electron chi connectivity index (χ0n) is 23.3. The molecule has 7 nitrogen and oxygen atoms in total. The van der Waals surface area contributed by atoms with E-state index in [2.05, 4.69) is 12.2 Å². The Bertz CT molecular complexity index is 584. The second-order valence-corrected chi connectivity index (χ2v) is 10.3. The summed E-state index contributed by atoms with van der Waals surface area (Å²) in [6, 6.07) is 0. The van der Waals surface area contributed by atoms with Crippen molar-refractivity contribution in [2.45, 2.75) is 135 Å². The third kappa shape index (κ3) is 17.7. The average molecular weight is 511 g/mol. The summed E-state index contributed by atoms with van der Waals surface area (Å²) in [4.78, 5) is 37.7. The number of carbonyl (C=O) groups excluding carboxylic acids is 3. The highest BCUT2D eigenvalue weighted by atomic mass is 16.5. The van der Waals surface area contributed by atoms with E-state index in [4.69, 9.17) is 9.47 Å². The Balaban J connectivity index is 1.83. The van der Waals surface area contributed by atoms with E-state index in [9.17, 15) is 14.4 Å². The number of methoxy groups -OCH3 is 1. The Labute approximate surface area is 220 Å². The summed E-state index contributed by atoms with van der Waals surface area (Å²) in [6.07, 6.45) is 21.0. The van der Waals surface area contributed by atoms with Crippen LogP contribution in [-0.4, -0.2) is 62.1 Å². The Morgan fingerprint density at radius 1 is 0.778 bits per heavy atom. The van der Waals surface area contributed by atoms with E-state index in [-0.39, 0.29) is 30.5 Å². The number of nitrogens with zero attached hydrogens (tertiary/aromatic N) is 1. The molecule has 0 bridgehead atoms. The van der Waals surface area contributed by atoms with Crippen LogP contribution in [0.5, 0.6) is 0 Å². The Morgan fingerprint density at radius 3 is 1.92 bits per heavy atom. The lowest BCUT2D eigenvalue weighted by Crippen LogP contribution is -2.30. The van der Waals surface area contributed by atoms with E-state index in [1.54, 1.807) is 7.11 Å². The highest BCUT2D eigenvalue weighted by molar-refractivity contribution is 5.80. The summed E-state index contributed by atoms with van der Waals surface area (Å²) in [7, 11) is 1.69. The van der Waals surface area contributed by atoms with Gasteiger partial charge in [-0.1, -0.05) is 90.4 Å². The third-order valence-electron chi connectivity index (χ3n) is 7.07. The SMILES string of the molecule is CCCCCCCCCCCCCCCC(=O)OCC(=O)NCCCCCC(=O)N1CC[C@H](OC)C1. The molecule has 210 valence electrons. The van der Waals surface area contributed by atoms with E-state index >= 15 is 0 Å². The first kappa shape index (κ1) is 32.4. The van der Waals surface area contributed by atoms with Gasteiger partial charge >= 0.3 is 5.97 Å². The molecule has 0 spiro atoms. The van der Waals surface area contributed by atoms with E-state index in [0.717, 1.165) is 45.1 Å². The number of unbranched alkanes of at least 4 members (excludes halogenated alkanes) is 14. The Morgan fingerprint density at radius 2 is 1.33 bits per heavy atom. The quantitative estimate of drug-likeness (QED) is 0.136. The van der Waals surface area contributed by atoms with Crippen molar-refractivity contribution in [3.8, 4) is 0 Å². The topological polar surface area (TPSA) is 84.9 Å². The van der Waals surface area contributed by atoms with E-state index < -0.39 is 0 Å². The summed E-state index contributed by atoms with van der Waals surface area (Å²) in [5.74, 6) is -0.356. The average Bonchev–Trinajstić information content (AvgIpc) is 3.37. The van der Waals surface area contributed by atoms with Crippen LogP contribution in [0.25, 0.3) is 0 Å². The third-order valence-corrected chi connectivity index (χ3v) is 7.07. The number of hydrogen-bond acceptors (Lipinski definition) is 5. The smallest absolute Gasteiger partial charge is 0.306 e. The maximum absolute atomic E-state index is 12.2. The Hall–Kier alpha value is -1.63. The van der Waals surface area contributed by atoms with Crippen molar-refractivity contribution in [1.29, 1.82) is 0 Å². The van der Waals surface area contributed by atoms with Gasteiger partial charge in [-0.05, 0) is 25.7 Å². The van der Waals surface area contributed by atoms with Gasteiger partial charge in [-0.15, -0.1) is 0 Å². The number of nitrogens with one attached hydrogen (secondary N) is 1. The van der Waals surface area contributed by atoms with Gasteiger partial charge in [0, 0.05) is 39.6 Å². The number of carbonyl (C=O) groups is 3. The maximum atomic E-state index is 12.2. The predicted molar refractivity (Wildman–Crippen MR) is 145 cm³/mol. The van der Waals surface area contributed by atoms with Gasteiger partial charge in [0.2, 0.25) is 5.91 Å². The van der Waals surface area contributed by atoms with Crippen molar-refractivity contribution in [2.24, 2.45) is 0 Å². The van der Waals surface area contributed by atoms with Crippen LogP contribution in [0.15, 0.2) is 0 Å². The Kier molecular flexibility index (Phi) is 20.3. The monoisotopic (exact) mass is 510 g/mol. The van der Waals surface area contributed by atoms with Gasteiger partial charge in [-0.2, -0.15) is 0 Å². The fourth-order valence-corrected chi connectivity index (χ4v) is 4.67. The molecule has 1 fully saturated rings. The summed E-state index contributed by atoms with van der Waals surface area (Å²) in [6.45, 7) is 4.08. The van der Waals surface area contributed by atoms with E-state index in [1.165, 1.54) is 70.6 Å². The lowest BCUT2D eigenvalue weighted by Gasteiger charge is -2.16. The fourth-order valence-electron chi connectivity index (χ4n) is 4.67. The molecule has 36 heavy (non-hydrogen) atoms. The van der Waals surface area contributed by atoms with Gasteiger partial charge in [-0.25, -0.2) is 0 Å². The molecular weight excluding hydrogens is 456 g/mol. The zero-order valence-corrected chi connectivity index (χ0v) is 23.3. The minimum Gasteiger partial charge on any atom is -0.456 e. The molecule has 1 aliphatic heterocycles. The summed E-state index contributed by atoms with van der Waals surface area (Å²) >= 11 is 0. The fraction of sp³-hybridized carbons (Fsp3) is 0.897.